The minimum absolute atomic E-state index is 0.00576. The van der Waals surface area contributed by atoms with Crippen LogP contribution in [0.1, 0.15) is 22.0 Å². The van der Waals surface area contributed by atoms with Crippen molar-refractivity contribution in [2.75, 3.05) is 12.4 Å². The van der Waals surface area contributed by atoms with Crippen molar-refractivity contribution in [3.63, 3.8) is 0 Å². The lowest BCUT2D eigenvalue weighted by Crippen LogP contribution is -2.26. The summed E-state index contributed by atoms with van der Waals surface area (Å²) in [7, 11) is 1.48. The number of benzene rings is 3. The molecule has 0 fully saturated rings. The largest absolute Gasteiger partial charge is 0.495 e. The minimum atomic E-state index is -1.24. The molecular formula is C22H17ClFNO4. The van der Waals surface area contributed by atoms with Crippen molar-refractivity contribution >= 4 is 29.2 Å². The topological polar surface area (TPSA) is 64.6 Å². The quantitative estimate of drug-likeness (QED) is 0.576. The van der Waals surface area contributed by atoms with Gasteiger partial charge >= 0.3 is 5.97 Å². The Labute approximate surface area is 172 Å². The average molecular weight is 414 g/mol. The highest BCUT2D eigenvalue weighted by Gasteiger charge is 2.26. The van der Waals surface area contributed by atoms with Gasteiger partial charge in [0, 0.05) is 11.3 Å². The van der Waals surface area contributed by atoms with Gasteiger partial charge in [0.2, 0.25) is 6.10 Å². The number of nitrogens with one attached hydrogen (secondary N) is 1. The van der Waals surface area contributed by atoms with Crippen LogP contribution in [-0.4, -0.2) is 19.0 Å². The maximum absolute atomic E-state index is 13.4. The van der Waals surface area contributed by atoms with Crippen molar-refractivity contribution < 1.29 is 23.5 Å². The summed E-state index contributed by atoms with van der Waals surface area (Å²) < 4.78 is 23.9. The lowest BCUT2D eigenvalue weighted by Gasteiger charge is -2.18. The molecule has 3 rings (SSSR count). The van der Waals surface area contributed by atoms with Crippen LogP contribution >= 0.6 is 11.6 Å². The molecule has 5 nitrogen and oxygen atoms in total. The fraction of sp³-hybridized carbons (Fsp3) is 0.0909. The first-order valence-corrected chi connectivity index (χ1v) is 9.01. The molecule has 0 aliphatic carbocycles. The Morgan fingerprint density at radius 3 is 2.41 bits per heavy atom. The standard InChI is InChI=1S/C22H17ClFNO4/c1-28-19-11-10-17(13-18(19)23)25-21(26)20(14-6-3-2-4-7-14)29-22(27)15-8-5-9-16(24)12-15/h2-13,20H,1H3,(H,25,26)/t20-/m0/s1. The molecule has 0 saturated heterocycles. The summed E-state index contributed by atoms with van der Waals surface area (Å²) >= 11 is 6.09. The number of ether oxygens (including phenoxy) is 2. The van der Waals surface area contributed by atoms with Crippen LogP contribution in [0.4, 0.5) is 10.1 Å². The number of hydrogen-bond acceptors (Lipinski definition) is 4. The number of anilines is 1. The molecule has 29 heavy (non-hydrogen) atoms. The normalized spacial score (nSPS) is 11.4. The predicted octanol–water partition coefficient (Wildman–Crippen LogP) is 5.02. The van der Waals surface area contributed by atoms with E-state index in [0.717, 1.165) is 6.07 Å². The van der Waals surface area contributed by atoms with E-state index in [0.29, 0.717) is 22.0 Å². The van der Waals surface area contributed by atoms with Gasteiger partial charge in [-0.25, -0.2) is 9.18 Å². The molecule has 0 radical (unpaired) electrons. The van der Waals surface area contributed by atoms with Crippen LogP contribution in [-0.2, 0) is 9.53 Å². The lowest BCUT2D eigenvalue weighted by molar-refractivity contribution is -0.125. The Balaban J connectivity index is 1.84. The van der Waals surface area contributed by atoms with Gasteiger partial charge < -0.3 is 14.8 Å². The van der Waals surface area contributed by atoms with Gasteiger partial charge in [-0.05, 0) is 36.4 Å². The van der Waals surface area contributed by atoms with Gasteiger partial charge in [0.25, 0.3) is 5.91 Å². The third-order valence-electron chi connectivity index (χ3n) is 4.04. The van der Waals surface area contributed by atoms with Crippen LogP contribution in [0.15, 0.2) is 72.8 Å². The molecular weight excluding hydrogens is 397 g/mol. The van der Waals surface area contributed by atoms with E-state index in [9.17, 15) is 14.0 Å². The fourth-order valence-corrected chi connectivity index (χ4v) is 2.90. The van der Waals surface area contributed by atoms with E-state index in [1.165, 1.54) is 31.4 Å². The SMILES string of the molecule is COc1ccc(NC(=O)[C@@H](OC(=O)c2cccc(F)c2)c2ccccc2)cc1Cl. The summed E-state index contributed by atoms with van der Waals surface area (Å²) in [5, 5.41) is 2.99. The monoisotopic (exact) mass is 413 g/mol. The zero-order valence-electron chi connectivity index (χ0n) is 15.4. The number of halogens is 2. The Morgan fingerprint density at radius 2 is 1.76 bits per heavy atom. The van der Waals surface area contributed by atoms with Gasteiger partial charge in [0.05, 0.1) is 17.7 Å². The molecule has 0 heterocycles. The number of hydrogen-bond donors (Lipinski definition) is 1. The number of methoxy groups -OCH3 is 1. The molecule has 0 spiro atoms. The second kappa shape index (κ2) is 9.21. The fourth-order valence-electron chi connectivity index (χ4n) is 2.64. The predicted molar refractivity (Wildman–Crippen MR) is 108 cm³/mol. The molecule has 0 unspecified atom stereocenters. The molecule has 3 aromatic carbocycles. The molecule has 7 heteroatoms. The zero-order chi connectivity index (χ0) is 20.8. The molecule has 1 N–H and O–H groups in total. The van der Waals surface area contributed by atoms with E-state index in [2.05, 4.69) is 5.32 Å². The van der Waals surface area contributed by atoms with Crippen LogP contribution in [0.5, 0.6) is 5.75 Å². The van der Waals surface area contributed by atoms with Crippen molar-refractivity contribution in [3.8, 4) is 5.75 Å². The Kier molecular flexibility index (Phi) is 6.46. The molecule has 0 aromatic heterocycles. The van der Waals surface area contributed by atoms with E-state index in [1.807, 2.05) is 0 Å². The van der Waals surface area contributed by atoms with Crippen LogP contribution in [0.2, 0.25) is 5.02 Å². The second-order valence-electron chi connectivity index (χ2n) is 6.04. The maximum atomic E-state index is 13.4. The molecule has 3 aromatic rings. The number of amides is 1. The first-order valence-electron chi connectivity index (χ1n) is 8.64. The second-order valence-corrected chi connectivity index (χ2v) is 6.45. The number of carbonyl (C=O) groups is 2. The molecule has 1 amide bonds. The van der Waals surface area contributed by atoms with Crippen LogP contribution in [0, 0.1) is 5.82 Å². The van der Waals surface area contributed by atoms with E-state index >= 15 is 0 Å². The summed E-state index contributed by atoms with van der Waals surface area (Å²) in [6.45, 7) is 0. The van der Waals surface area contributed by atoms with Gasteiger partial charge in [0.15, 0.2) is 0 Å². The summed E-state index contributed by atoms with van der Waals surface area (Å²) in [5.74, 6) is -1.52. The van der Waals surface area contributed by atoms with Crippen LogP contribution in [0.25, 0.3) is 0 Å². The lowest BCUT2D eigenvalue weighted by atomic mass is 10.1. The molecule has 0 aliphatic heterocycles. The number of carbonyl (C=O) groups excluding carboxylic acids is 2. The highest BCUT2D eigenvalue weighted by molar-refractivity contribution is 6.32. The van der Waals surface area contributed by atoms with Crippen molar-refractivity contribution in [1.29, 1.82) is 0 Å². The smallest absolute Gasteiger partial charge is 0.339 e. The van der Waals surface area contributed by atoms with Gasteiger partial charge in [-0.1, -0.05) is 48.0 Å². The molecule has 148 valence electrons. The average Bonchev–Trinajstić information content (AvgIpc) is 2.72. The number of esters is 1. The molecule has 0 saturated carbocycles. The van der Waals surface area contributed by atoms with Gasteiger partial charge in [-0.3, -0.25) is 4.79 Å². The minimum Gasteiger partial charge on any atom is -0.495 e. The molecule has 0 aliphatic rings. The zero-order valence-corrected chi connectivity index (χ0v) is 16.2. The van der Waals surface area contributed by atoms with Crippen molar-refractivity contribution in [2.45, 2.75) is 6.10 Å². The first-order chi connectivity index (χ1) is 14.0. The van der Waals surface area contributed by atoms with Crippen molar-refractivity contribution in [3.05, 3.63) is 94.8 Å². The van der Waals surface area contributed by atoms with Gasteiger partial charge in [-0.15, -0.1) is 0 Å². The Morgan fingerprint density at radius 1 is 1.00 bits per heavy atom. The van der Waals surface area contributed by atoms with Crippen LogP contribution in [0.3, 0.4) is 0 Å². The maximum Gasteiger partial charge on any atom is 0.339 e. The third-order valence-corrected chi connectivity index (χ3v) is 4.34. The number of rotatable bonds is 6. The third kappa shape index (κ3) is 5.12. The molecule has 0 bridgehead atoms. The summed E-state index contributed by atoms with van der Waals surface area (Å²) in [4.78, 5) is 25.3. The van der Waals surface area contributed by atoms with E-state index in [-0.39, 0.29) is 5.56 Å². The van der Waals surface area contributed by atoms with Crippen molar-refractivity contribution in [2.24, 2.45) is 0 Å². The van der Waals surface area contributed by atoms with Crippen molar-refractivity contribution in [1.82, 2.24) is 0 Å². The van der Waals surface area contributed by atoms with E-state index in [1.54, 1.807) is 42.5 Å². The summed E-state index contributed by atoms with van der Waals surface area (Å²) in [6.07, 6.45) is -1.24. The Bertz CT molecular complexity index is 1030. The Hall–Kier alpha value is -3.38. The first kappa shape index (κ1) is 20.4. The highest BCUT2D eigenvalue weighted by atomic mass is 35.5. The van der Waals surface area contributed by atoms with Gasteiger partial charge in [0.1, 0.15) is 11.6 Å². The molecule has 1 atom stereocenters. The van der Waals surface area contributed by atoms with Crippen LogP contribution < -0.4 is 10.1 Å². The summed E-state index contributed by atoms with van der Waals surface area (Å²) in [5.41, 5.74) is 0.879. The highest BCUT2D eigenvalue weighted by Crippen LogP contribution is 2.28. The van der Waals surface area contributed by atoms with E-state index in [4.69, 9.17) is 21.1 Å². The van der Waals surface area contributed by atoms with Gasteiger partial charge in [-0.2, -0.15) is 0 Å². The van der Waals surface area contributed by atoms with E-state index < -0.39 is 23.8 Å². The summed E-state index contributed by atoms with van der Waals surface area (Å²) in [6, 6.07) is 18.3.